The molecular formula is C18H28ClN3OS. The van der Waals surface area contributed by atoms with E-state index >= 15 is 0 Å². The SMILES string of the molecule is O=C(CN1CCN(Cc2ccc(Cl)s2)CC1)NC1CCCCCC1. The van der Waals surface area contributed by atoms with E-state index in [4.69, 9.17) is 11.6 Å². The smallest absolute Gasteiger partial charge is 0.234 e. The molecule has 24 heavy (non-hydrogen) atoms. The molecule has 1 amide bonds. The van der Waals surface area contributed by atoms with Crippen LogP contribution in [-0.2, 0) is 11.3 Å². The summed E-state index contributed by atoms with van der Waals surface area (Å²) in [5, 5.41) is 3.25. The molecule has 0 radical (unpaired) electrons. The predicted octanol–water partition coefficient (Wildman–Crippen LogP) is 3.36. The summed E-state index contributed by atoms with van der Waals surface area (Å²) < 4.78 is 0.860. The van der Waals surface area contributed by atoms with E-state index in [0.29, 0.717) is 12.6 Å². The highest BCUT2D eigenvalue weighted by molar-refractivity contribution is 7.16. The Labute approximate surface area is 154 Å². The quantitative estimate of drug-likeness (QED) is 0.808. The van der Waals surface area contributed by atoms with Gasteiger partial charge in [0.05, 0.1) is 10.9 Å². The van der Waals surface area contributed by atoms with Crippen LogP contribution >= 0.6 is 22.9 Å². The summed E-state index contributed by atoms with van der Waals surface area (Å²) in [6.07, 6.45) is 7.48. The fourth-order valence-corrected chi connectivity index (χ4v) is 4.79. The van der Waals surface area contributed by atoms with Gasteiger partial charge < -0.3 is 5.32 Å². The molecule has 6 heteroatoms. The molecule has 1 saturated heterocycles. The van der Waals surface area contributed by atoms with E-state index in [1.807, 2.05) is 6.07 Å². The lowest BCUT2D eigenvalue weighted by molar-refractivity contribution is -0.123. The van der Waals surface area contributed by atoms with Crippen LogP contribution in [0.25, 0.3) is 0 Å². The second-order valence-corrected chi connectivity index (χ2v) is 8.81. The van der Waals surface area contributed by atoms with E-state index in [-0.39, 0.29) is 5.91 Å². The van der Waals surface area contributed by atoms with E-state index in [9.17, 15) is 4.79 Å². The number of amides is 1. The molecular weight excluding hydrogens is 342 g/mol. The minimum absolute atomic E-state index is 0.209. The Balaban J connectivity index is 1.36. The first-order valence-electron chi connectivity index (χ1n) is 9.17. The van der Waals surface area contributed by atoms with Crippen molar-refractivity contribution in [1.82, 2.24) is 15.1 Å². The van der Waals surface area contributed by atoms with Gasteiger partial charge in [0.1, 0.15) is 0 Å². The van der Waals surface area contributed by atoms with Crippen molar-refractivity contribution in [3.63, 3.8) is 0 Å². The Morgan fingerprint density at radius 3 is 2.38 bits per heavy atom. The number of nitrogens with zero attached hydrogens (tertiary/aromatic N) is 2. The molecule has 0 unspecified atom stereocenters. The van der Waals surface area contributed by atoms with Crippen LogP contribution in [0, 0.1) is 0 Å². The largest absolute Gasteiger partial charge is 0.352 e. The number of carbonyl (C=O) groups excluding carboxylic acids is 1. The van der Waals surface area contributed by atoms with Crippen LogP contribution in [0.4, 0.5) is 0 Å². The first-order valence-corrected chi connectivity index (χ1v) is 10.4. The van der Waals surface area contributed by atoms with Crippen molar-refractivity contribution in [2.24, 2.45) is 0 Å². The second kappa shape index (κ2) is 9.18. The molecule has 1 aliphatic heterocycles. The molecule has 1 N–H and O–H groups in total. The summed E-state index contributed by atoms with van der Waals surface area (Å²) in [5.41, 5.74) is 0. The number of hydrogen-bond donors (Lipinski definition) is 1. The summed E-state index contributed by atoms with van der Waals surface area (Å²) in [6.45, 7) is 5.50. The van der Waals surface area contributed by atoms with E-state index in [1.165, 1.54) is 30.6 Å². The molecule has 1 aromatic rings. The molecule has 134 valence electrons. The third-order valence-electron chi connectivity index (χ3n) is 5.06. The summed E-state index contributed by atoms with van der Waals surface area (Å²) in [7, 11) is 0. The minimum Gasteiger partial charge on any atom is -0.352 e. The molecule has 4 nitrogen and oxygen atoms in total. The Hall–Kier alpha value is -0.620. The second-order valence-electron chi connectivity index (χ2n) is 7.01. The lowest BCUT2D eigenvalue weighted by Crippen LogP contribution is -2.50. The molecule has 3 rings (SSSR count). The van der Waals surface area contributed by atoms with E-state index < -0.39 is 0 Å². The van der Waals surface area contributed by atoms with Gasteiger partial charge in [-0.1, -0.05) is 37.3 Å². The van der Waals surface area contributed by atoms with Gasteiger partial charge in [-0.15, -0.1) is 11.3 Å². The molecule has 2 heterocycles. The monoisotopic (exact) mass is 369 g/mol. The number of halogens is 1. The zero-order chi connectivity index (χ0) is 16.8. The molecule has 1 saturated carbocycles. The highest BCUT2D eigenvalue weighted by atomic mass is 35.5. The Morgan fingerprint density at radius 2 is 1.75 bits per heavy atom. The van der Waals surface area contributed by atoms with Gasteiger partial charge >= 0.3 is 0 Å². The molecule has 2 aliphatic rings. The lowest BCUT2D eigenvalue weighted by Gasteiger charge is -2.34. The third kappa shape index (κ3) is 5.73. The van der Waals surface area contributed by atoms with Crippen LogP contribution in [0.15, 0.2) is 12.1 Å². The van der Waals surface area contributed by atoms with Crippen molar-refractivity contribution < 1.29 is 4.79 Å². The van der Waals surface area contributed by atoms with Gasteiger partial charge in [-0.3, -0.25) is 14.6 Å². The number of rotatable bonds is 5. The maximum absolute atomic E-state index is 12.3. The fourth-order valence-electron chi connectivity index (χ4n) is 3.66. The van der Waals surface area contributed by atoms with Crippen LogP contribution in [0.3, 0.4) is 0 Å². The van der Waals surface area contributed by atoms with Gasteiger partial charge in [0.15, 0.2) is 0 Å². The van der Waals surface area contributed by atoms with Crippen LogP contribution < -0.4 is 5.32 Å². The van der Waals surface area contributed by atoms with E-state index in [2.05, 4.69) is 21.2 Å². The maximum Gasteiger partial charge on any atom is 0.234 e. The summed E-state index contributed by atoms with van der Waals surface area (Å²) in [5.74, 6) is 0.209. The number of nitrogens with one attached hydrogen (secondary N) is 1. The Morgan fingerprint density at radius 1 is 1.08 bits per heavy atom. The molecule has 0 bridgehead atoms. The van der Waals surface area contributed by atoms with Gasteiger partial charge in [-0.2, -0.15) is 0 Å². The number of carbonyl (C=O) groups is 1. The molecule has 0 aromatic carbocycles. The van der Waals surface area contributed by atoms with Crippen molar-refractivity contribution in [3.8, 4) is 0 Å². The topological polar surface area (TPSA) is 35.6 Å². The summed E-state index contributed by atoms with van der Waals surface area (Å²) in [4.78, 5) is 18.3. The van der Waals surface area contributed by atoms with Crippen molar-refractivity contribution in [2.75, 3.05) is 32.7 Å². The van der Waals surface area contributed by atoms with Crippen LogP contribution in [0.1, 0.15) is 43.4 Å². The van der Waals surface area contributed by atoms with Gasteiger partial charge in [-0.05, 0) is 25.0 Å². The lowest BCUT2D eigenvalue weighted by atomic mass is 10.1. The first-order chi connectivity index (χ1) is 11.7. The molecule has 1 aromatic heterocycles. The molecule has 0 spiro atoms. The van der Waals surface area contributed by atoms with Crippen LogP contribution in [0.2, 0.25) is 4.34 Å². The highest BCUT2D eigenvalue weighted by Gasteiger charge is 2.21. The molecule has 0 atom stereocenters. The first kappa shape index (κ1) is 18.2. The molecule has 1 aliphatic carbocycles. The predicted molar refractivity (Wildman–Crippen MR) is 101 cm³/mol. The third-order valence-corrected chi connectivity index (χ3v) is 6.28. The molecule has 2 fully saturated rings. The zero-order valence-electron chi connectivity index (χ0n) is 14.3. The number of thiophene rings is 1. The van der Waals surface area contributed by atoms with Gasteiger partial charge in [-0.25, -0.2) is 0 Å². The van der Waals surface area contributed by atoms with Gasteiger partial charge in [0.25, 0.3) is 0 Å². The summed E-state index contributed by atoms with van der Waals surface area (Å²) >= 11 is 7.66. The number of hydrogen-bond acceptors (Lipinski definition) is 4. The standard InChI is InChI=1S/C18H28ClN3OS/c19-17-8-7-16(24-17)13-21-9-11-22(12-10-21)14-18(23)20-15-5-3-1-2-4-6-15/h7-8,15H,1-6,9-14H2,(H,20,23). The van der Waals surface area contributed by atoms with Gasteiger partial charge in [0, 0.05) is 43.6 Å². The maximum atomic E-state index is 12.3. The number of piperazine rings is 1. The van der Waals surface area contributed by atoms with Crippen molar-refractivity contribution in [1.29, 1.82) is 0 Å². The van der Waals surface area contributed by atoms with E-state index in [1.54, 1.807) is 11.3 Å². The zero-order valence-corrected chi connectivity index (χ0v) is 15.9. The van der Waals surface area contributed by atoms with Crippen LogP contribution in [0.5, 0.6) is 0 Å². The fraction of sp³-hybridized carbons (Fsp3) is 0.722. The highest BCUT2D eigenvalue weighted by Crippen LogP contribution is 2.23. The average Bonchev–Trinajstić information content (AvgIpc) is 2.81. The van der Waals surface area contributed by atoms with Crippen molar-refractivity contribution in [2.45, 2.75) is 51.1 Å². The Bertz CT molecular complexity index is 520. The van der Waals surface area contributed by atoms with Gasteiger partial charge in [0.2, 0.25) is 5.91 Å². The van der Waals surface area contributed by atoms with Crippen molar-refractivity contribution in [3.05, 3.63) is 21.3 Å². The minimum atomic E-state index is 0.209. The summed E-state index contributed by atoms with van der Waals surface area (Å²) in [6, 6.07) is 4.49. The van der Waals surface area contributed by atoms with Crippen LogP contribution in [-0.4, -0.2) is 54.5 Å². The normalized spacial score (nSPS) is 21.5. The van der Waals surface area contributed by atoms with E-state index in [0.717, 1.165) is 49.9 Å². The van der Waals surface area contributed by atoms with Crippen molar-refractivity contribution >= 4 is 28.8 Å². The Kier molecular flexibility index (Phi) is 6.95. The average molecular weight is 370 g/mol.